The van der Waals surface area contributed by atoms with Gasteiger partial charge in [0.1, 0.15) is 11.4 Å². The number of oxazole rings is 1. The highest BCUT2D eigenvalue weighted by Crippen LogP contribution is 2.43. The molecule has 38 heavy (non-hydrogen) atoms. The molecule has 6 nitrogen and oxygen atoms in total. The van der Waals surface area contributed by atoms with Gasteiger partial charge in [0, 0.05) is 34.0 Å². The van der Waals surface area contributed by atoms with Crippen LogP contribution in [0.25, 0.3) is 0 Å². The van der Waals surface area contributed by atoms with Gasteiger partial charge in [0.2, 0.25) is 5.89 Å². The Labute approximate surface area is 238 Å². The first-order chi connectivity index (χ1) is 18.2. The Morgan fingerprint density at radius 1 is 1.11 bits per heavy atom. The Morgan fingerprint density at radius 3 is 2.50 bits per heavy atom. The normalized spacial score (nSPS) is 16.2. The molecule has 1 aromatic carbocycles. The number of nitrogens with zero attached hydrogens (tertiary/aromatic N) is 2. The zero-order valence-corrected chi connectivity index (χ0v) is 25.0. The number of hydrogen-bond acceptors (Lipinski definition) is 6. The lowest BCUT2D eigenvalue weighted by molar-refractivity contribution is -0.0240. The number of aryl methyl sites for hydroxylation is 1. The van der Waals surface area contributed by atoms with Crippen molar-refractivity contribution >= 4 is 33.4 Å². The van der Waals surface area contributed by atoms with Crippen LogP contribution in [0.4, 0.5) is 4.79 Å². The molecule has 0 unspecified atom stereocenters. The number of carbonyl (C=O) groups excluding carboxylic acids is 1. The second-order valence-corrected chi connectivity index (χ2v) is 13.1. The summed E-state index contributed by atoms with van der Waals surface area (Å²) in [5.41, 5.74) is -1.04. The molecule has 0 aliphatic heterocycles. The van der Waals surface area contributed by atoms with E-state index in [0.29, 0.717) is 31.2 Å². The Balaban J connectivity index is 1.52. The third-order valence-electron chi connectivity index (χ3n) is 6.97. The third-order valence-corrected chi connectivity index (χ3v) is 8.50. The number of aromatic nitrogens is 1. The molecule has 1 saturated carbocycles. The zero-order chi connectivity index (χ0) is 27.2. The maximum Gasteiger partial charge on any atom is 0.410 e. The van der Waals surface area contributed by atoms with E-state index in [1.165, 1.54) is 11.3 Å². The van der Waals surface area contributed by atoms with Gasteiger partial charge in [-0.15, -0.1) is 11.3 Å². The molecule has 2 heterocycles. The molecule has 8 heteroatoms. The smallest absolute Gasteiger partial charge is 0.410 e. The van der Waals surface area contributed by atoms with Crippen LogP contribution in [0.15, 0.2) is 53.1 Å². The van der Waals surface area contributed by atoms with Gasteiger partial charge in [-0.2, -0.15) is 0 Å². The minimum absolute atomic E-state index is 0.0518. The summed E-state index contributed by atoms with van der Waals surface area (Å²) in [4.78, 5) is 21.8. The van der Waals surface area contributed by atoms with Crippen molar-refractivity contribution in [3.8, 4) is 0 Å². The number of aliphatic hydroxyl groups is 1. The highest BCUT2D eigenvalue weighted by atomic mass is 79.9. The lowest BCUT2D eigenvalue weighted by Gasteiger charge is -2.36. The summed E-state index contributed by atoms with van der Waals surface area (Å²) in [7, 11) is 0. The molecule has 3 aromatic rings. The molecule has 0 saturated heterocycles. The molecule has 1 N–H and O–H groups in total. The molecule has 1 aliphatic rings. The van der Waals surface area contributed by atoms with E-state index in [0.717, 1.165) is 47.9 Å². The fraction of sp³-hybridized carbons (Fsp3) is 0.533. The maximum absolute atomic E-state index is 13.1. The first-order valence-corrected chi connectivity index (χ1v) is 15.5. The minimum atomic E-state index is -1.27. The van der Waals surface area contributed by atoms with Crippen molar-refractivity contribution in [2.75, 3.05) is 11.9 Å². The van der Waals surface area contributed by atoms with Crippen LogP contribution in [0.2, 0.25) is 0 Å². The van der Waals surface area contributed by atoms with E-state index < -0.39 is 11.2 Å². The molecule has 1 aliphatic carbocycles. The summed E-state index contributed by atoms with van der Waals surface area (Å²) < 4.78 is 11.9. The van der Waals surface area contributed by atoms with Crippen LogP contribution >= 0.6 is 27.3 Å². The van der Waals surface area contributed by atoms with Crippen LogP contribution in [0.1, 0.15) is 79.8 Å². The average Bonchev–Trinajstić information content (AvgIpc) is 3.56. The van der Waals surface area contributed by atoms with Crippen LogP contribution < -0.4 is 0 Å². The van der Waals surface area contributed by atoms with Gasteiger partial charge < -0.3 is 19.2 Å². The fourth-order valence-corrected chi connectivity index (χ4v) is 6.80. The lowest BCUT2D eigenvalue weighted by Crippen LogP contribution is -2.38. The number of amides is 1. The van der Waals surface area contributed by atoms with Gasteiger partial charge in [0.15, 0.2) is 5.60 Å². The molecule has 1 fully saturated rings. The standard InChI is InChI=1S/C30H39BrN2O4S/c1-29(2,3)37-28(34)33(21-26-15-14-25(38-26)16-18-31)19-17-24-20-32-27(36-24)30(35,22-10-6-4-7-11-22)23-12-8-5-9-13-23/h4,6-7,10-11,14-15,20,23,35H,5,8-9,12-13,16-19,21H2,1-3H3/t30-/m0/s1. The topological polar surface area (TPSA) is 75.8 Å². The van der Waals surface area contributed by atoms with Gasteiger partial charge in [-0.3, -0.25) is 0 Å². The Morgan fingerprint density at radius 2 is 1.82 bits per heavy atom. The second-order valence-electron chi connectivity index (χ2n) is 11.1. The Hall–Kier alpha value is -2.16. The van der Waals surface area contributed by atoms with Crippen LogP contribution in [-0.2, 0) is 29.7 Å². The number of benzene rings is 1. The quantitative estimate of drug-likeness (QED) is 0.244. The summed E-state index contributed by atoms with van der Waals surface area (Å²) in [6.07, 6.45) is 8.04. The molecule has 0 radical (unpaired) electrons. The van der Waals surface area contributed by atoms with E-state index in [1.807, 2.05) is 51.1 Å². The summed E-state index contributed by atoms with van der Waals surface area (Å²) in [5, 5.41) is 13.0. The highest BCUT2D eigenvalue weighted by Gasteiger charge is 2.44. The molecular weight excluding hydrogens is 564 g/mol. The van der Waals surface area contributed by atoms with Crippen molar-refractivity contribution in [2.45, 2.75) is 83.5 Å². The van der Waals surface area contributed by atoms with Crippen molar-refractivity contribution < 1.29 is 19.1 Å². The number of ether oxygens (including phenoxy) is 1. The van der Waals surface area contributed by atoms with Gasteiger partial charge in [-0.25, -0.2) is 9.78 Å². The van der Waals surface area contributed by atoms with E-state index in [2.05, 4.69) is 33.0 Å². The fourth-order valence-electron chi connectivity index (χ4n) is 5.08. The Bertz CT molecular complexity index is 1170. The van der Waals surface area contributed by atoms with Crippen molar-refractivity contribution in [1.29, 1.82) is 0 Å². The molecule has 4 rings (SSSR count). The lowest BCUT2D eigenvalue weighted by atomic mass is 9.73. The van der Waals surface area contributed by atoms with E-state index in [4.69, 9.17) is 9.15 Å². The first-order valence-electron chi connectivity index (χ1n) is 13.5. The van der Waals surface area contributed by atoms with E-state index in [9.17, 15) is 9.90 Å². The number of rotatable bonds is 10. The van der Waals surface area contributed by atoms with Gasteiger partial charge in [0.05, 0.1) is 12.7 Å². The van der Waals surface area contributed by atoms with Crippen LogP contribution in [0.3, 0.4) is 0 Å². The number of alkyl halides is 1. The summed E-state index contributed by atoms with van der Waals surface area (Å²) in [5.74, 6) is 1.04. The molecule has 1 amide bonds. The molecule has 206 valence electrons. The monoisotopic (exact) mass is 602 g/mol. The maximum atomic E-state index is 13.1. The number of halogens is 1. The predicted molar refractivity (Wildman–Crippen MR) is 155 cm³/mol. The van der Waals surface area contributed by atoms with Gasteiger partial charge in [-0.05, 0) is 57.7 Å². The van der Waals surface area contributed by atoms with E-state index >= 15 is 0 Å². The minimum Gasteiger partial charge on any atom is -0.444 e. The summed E-state index contributed by atoms with van der Waals surface area (Å²) in [6.45, 7) is 6.52. The molecular formula is C30H39BrN2O4S. The number of hydrogen-bond donors (Lipinski definition) is 1. The average molecular weight is 604 g/mol. The number of carbonyl (C=O) groups is 1. The van der Waals surface area contributed by atoms with Crippen molar-refractivity contribution in [3.63, 3.8) is 0 Å². The van der Waals surface area contributed by atoms with Crippen LogP contribution in [0, 0.1) is 5.92 Å². The molecule has 2 aromatic heterocycles. The second kappa shape index (κ2) is 12.8. The SMILES string of the molecule is CC(C)(C)OC(=O)N(CCc1cnc([C@](O)(c2ccccc2)C2CCCCC2)o1)Cc1ccc(CCBr)s1. The molecule has 1 atom stereocenters. The largest absolute Gasteiger partial charge is 0.444 e. The Kier molecular flexibility index (Phi) is 9.71. The highest BCUT2D eigenvalue weighted by molar-refractivity contribution is 9.09. The molecule has 0 bridgehead atoms. The molecule has 0 spiro atoms. The number of thiophene rings is 1. The van der Waals surface area contributed by atoms with Crippen molar-refractivity contribution in [3.05, 3.63) is 75.6 Å². The van der Waals surface area contributed by atoms with Gasteiger partial charge in [-0.1, -0.05) is 65.5 Å². The third kappa shape index (κ3) is 7.27. The van der Waals surface area contributed by atoms with Crippen molar-refractivity contribution in [1.82, 2.24) is 9.88 Å². The van der Waals surface area contributed by atoms with E-state index in [-0.39, 0.29) is 12.0 Å². The van der Waals surface area contributed by atoms with E-state index in [1.54, 1.807) is 22.4 Å². The van der Waals surface area contributed by atoms with Gasteiger partial charge >= 0.3 is 6.09 Å². The summed E-state index contributed by atoms with van der Waals surface area (Å²) >= 11 is 5.21. The van der Waals surface area contributed by atoms with Crippen LogP contribution in [0.5, 0.6) is 0 Å². The van der Waals surface area contributed by atoms with Crippen molar-refractivity contribution in [2.24, 2.45) is 5.92 Å². The van der Waals surface area contributed by atoms with Gasteiger partial charge in [0.25, 0.3) is 0 Å². The first kappa shape index (κ1) is 28.8. The zero-order valence-electron chi connectivity index (χ0n) is 22.6. The van der Waals surface area contributed by atoms with Crippen LogP contribution in [-0.4, -0.2) is 38.6 Å². The summed E-state index contributed by atoms with van der Waals surface area (Å²) in [6, 6.07) is 13.9. The predicted octanol–water partition coefficient (Wildman–Crippen LogP) is 7.47.